The predicted molar refractivity (Wildman–Crippen MR) is 119 cm³/mol. The van der Waals surface area contributed by atoms with E-state index in [-0.39, 0.29) is 5.91 Å². The zero-order valence-electron chi connectivity index (χ0n) is 17.7. The van der Waals surface area contributed by atoms with Crippen LogP contribution in [0.5, 0.6) is 0 Å². The van der Waals surface area contributed by atoms with Gasteiger partial charge >= 0.3 is 0 Å². The fourth-order valence-electron chi connectivity index (χ4n) is 2.77. The number of allylic oxidation sites excluding steroid dienone is 2. The number of rotatable bonds is 19. The van der Waals surface area contributed by atoms with Crippen LogP contribution < -0.4 is 4.72 Å². The molecule has 0 aromatic heterocycles. The monoisotopic (exact) mass is 384 g/mol. The normalized spacial score (nSPS) is 11.5. The Hall–Kier alpha value is -0.480. The van der Waals surface area contributed by atoms with Crippen LogP contribution in [0.3, 0.4) is 0 Å². The molecule has 0 fully saturated rings. The van der Waals surface area contributed by atoms with Crippen molar-refractivity contribution in [1.29, 1.82) is 0 Å². The first-order chi connectivity index (χ1) is 12.7. The van der Waals surface area contributed by atoms with Gasteiger partial charge in [-0.3, -0.25) is 4.79 Å². The highest BCUT2D eigenvalue weighted by Crippen LogP contribution is 2.10. The molecule has 0 unspecified atom stereocenters. The lowest BCUT2D eigenvalue weighted by Gasteiger charge is -2.09. The Morgan fingerprint density at radius 1 is 0.846 bits per heavy atom. The molecule has 0 radical (unpaired) electrons. The Balaban J connectivity index is 3.21. The van der Waals surface area contributed by atoms with Crippen molar-refractivity contribution in [2.45, 2.75) is 96.8 Å². The highest BCUT2D eigenvalue weighted by molar-refractivity contribution is 7.97. The molecule has 1 N–H and O–H groups in total. The van der Waals surface area contributed by atoms with Crippen molar-refractivity contribution in [1.82, 2.24) is 9.62 Å². The molecule has 0 atom stereocenters. The van der Waals surface area contributed by atoms with Gasteiger partial charge in [0.25, 0.3) is 0 Å². The maximum absolute atomic E-state index is 11.7. The molecule has 0 saturated carbocycles. The number of carbonyl (C=O) groups is 1. The molecule has 0 aliphatic rings. The summed E-state index contributed by atoms with van der Waals surface area (Å²) >= 11 is 1.53. The number of amides is 1. The second kappa shape index (κ2) is 20.8. The molecular weight excluding hydrogens is 340 g/mol. The van der Waals surface area contributed by atoms with Crippen molar-refractivity contribution in [2.75, 3.05) is 26.4 Å². The second-order valence-electron chi connectivity index (χ2n) is 7.51. The number of carbonyl (C=O) groups excluding carboxylic acids is 1. The Bertz CT molecular complexity index is 332. The predicted octanol–water partition coefficient (Wildman–Crippen LogP) is 6.35. The van der Waals surface area contributed by atoms with Gasteiger partial charge in [0.1, 0.15) is 0 Å². The first-order valence-electron chi connectivity index (χ1n) is 10.9. The van der Waals surface area contributed by atoms with Crippen LogP contribution in [-0.2, 0) is 4.79 Å². The van der Waals surface area contributed by atoms with Crippen molar-refractivity contribution < 1.29 is 4.79 Å². The van der Waals surface area contributed by atoms with Gasteiger partial charge in [-0.1, -0.05) is 70.4 Å². The average Bonchev–Trinajstić information content (AvgIpc) is 2.62. The zero-order chi connectivity index (χ0) is 19.3. The maximum Gasteiger partial charge on any atom is 0.229 e. The van der Waals surface area contributed by atoms with Gasteiger partial charge in [0.05, 0.1) is 0 Å². The van der Waals surface area contributed by atoms with E-state index in [1.807, 2.05) is 14.1 Å². The van der Waals surface area contributed by atoms with Gasteiger partial charge in [-0.15, -0.1) is 0 Å². The van der Waals surface area contributed by atoms with Crippen LogP contribution in [0.15, 0.2) is 12.2 Å². The highest BCUT2D eigenvalue weighted by Gasteiger charge is 2.01. The van der Waals surface area contributed by atoms with Gasteiger partial charge in [0.2, 0.25) is 5.91 Å². The molecule has 3 nitrogen and oxygen atoms in total. The van der Waals surface area contributed by atoms with E-state index in [4.69, 9.17) is 0 Å². The van der Waals surface area contributed by atoms with Gasteiger partial charge in [0.15, 0.2) is 0 Å². The van der Waals surface area contributed by atoms with E-state index in [0.717, 1.165) is 18.7 Å². The topological polar surface area (TPSA) is 32.3 Å². The average molecular weight is 385 g/mol. The van der Waals surface area contributed by atoms with E-state index >= 15 is 0 Å². The molecular formula is C22H44N2OS. The lowest BCUT2D eigenvalue weighted by molar-refractivity contribution is -0.119. The third-order valence-corrected chi connectivity index (χ3v) is 5.25. The van der Waals surface area contributed by atoms with Gasteiger partial charge in [-0.05, 0) is 58.1 Å². The van der Waals surface area contributed by atoms with Crippen molar-refractivity contribution >= 4 is 17.9 Å². The van der Waals surface area contributed by atoms with Crippen LogP contribution in [0.1, 0.15) is 96.8 Å². The fourth-order valence-corrected chi connectivity index (χ4v) is 3.59. The third-order valence-electron chi connectivity index (χ3n) is 4.49. The number of nitrogens with one attached hydrogen (secondary N) is 1. The lowest BCUT2D eigenvalue weighted by atomic mass is 10.1. The SMILES string of the molecule is CCCCCCCC/C=C\CCCCCCCC(=O)NSCCN(C)C. The van der Waals surface area contributed by atoms with Crippen LogP contribution in [0.4, 0.5) is 0 Å². The van der Waals surface area contributed by atoms with Crippen LogP contribution in [0.2, 0.25) is 0 Å². The smallest absolute Gasteiger partial charge is 0.229 e. The first-order valence-corrected chi connectivity index (χ1v) is 11.9. The van der Waals surface area contributed by atoms with Crippen molar-refractivity contribution in [3.63, 3.8) is 0 Å². The van der Waals surface area contributed by atoms with Gasteiger partial charge < -0.3 is 9.62 Å². The second-order valence-corrected chi connectivity index (χ2v) is 8.41. The molecule has 154 valence electrons. The quantitative estimate of drug-likeness (QED) is 0.160. The summed E-state index contributed by atoms with van der Waals surface area (Å²) in [4.78, 5) is 13.8. The van der Waals surface area contributed by atoms with E-state index < -0.39 is 0 Å². The number of nitrogens with zero attached hydrogens (tertiary/aromatic N) is 1. The van der Waals surface area contributed by atoms with Gasteiger partial charge in [-0.2, -0.15) is 0 Å². The summed E-state index contributed by atoms with van der Waals surface area (Å²) in [6, 6.07) is 0. The Morgan fingerprint density at radius 2 is 1.38 bits per heavy atom. The Kier molecular flexibility index (Phi) is 20.4. The van der Waals surface area contributed by atoms with E-state index in [9.17, 15) is 4.79 Å². The molecule has 0 aliphatic carbocycles. The highest BCUT2D eigenvalue weighted by atomic mass is 32.2. The van der Waals surface area contributed by atoms with E-state index in [2.05, 4.69) is 28.7 Å². The molecule has 0 aromatic rings. The number of hydrogen-bond acceptors (Lipinski definition) is 3. The van der Waals surface area contributed by atoms with E-state index in [1.54, 1.807) is 0 Å². The van der Waals surface area contributed by atoms with Crippen molar-refractivity contribution in [3.05, 3.63) is 12.2 Å². The maximum atomic E-state index is 11.7. The molecule has 0 spiro atoms. The van der Waals surface area contributed by atoms with Gasteiger partial charge in [-0.25, -0.2) is 0 Å². The largest absolute Gasteiger partial charge is 0.309 e. The Morgan fingerprint density at radius 3 is 1.96 bits per heavy atom. The summed E-state index contributed by atoms with van der Waals surface area (Å²) < 4.78 is 2.93. The minimum absolute atomic E-state index is 0.186. The van der Waals surface area contributed by atoms with Crippen molar-refractivity contribution in [2.24, 2.45) is 0 Å². The van der Waals surface area contributed by atoms with Crippen LogP contribution in [-0.4, -0.2) is 37.2 Å². The summed E-state index contributed by atoms with van der Waals surface area (Å²) in [5.74, 6) is 1.14. The summed E-state index contributed by atoms with van der Waals surface area (Å²) in [7, 11) is 4.10. The summed E-state index contributed by atoms with van der Waals surface area (Å²) in [5, 5.41) is 0. The Labute approximate surface area is 167 Å². The zero-order valence-corrected chi connectivity index (χ0v) is 18.5. The van der Waals surface area contributed by atoms with Crippen LogP contribution in [0.25, 0.3) is 0 Å². The molecule has 0 saturated heterocycles. The summed E-state index contributed by atoms with van der Waals surface area (Å²) in [5.41, 5.74) is 0. The first kappa shape index (κ1) is 25.5. The van der Waals surface area contributed by atoms with Crippen LogP contribution >= 0.6 is 11.9 Å². The lowest BCUT2D eigenvalue weighted by Crippen LogP contribution is -2.20. The molecule has 0 aromatic carbocycles. The molecule has 0 heterocycles. The van der Waals surface area contributed by atoms with Crippen LogP contribution in [0, 0.1) is 0 Å². The molecule has 1 amide bonds. The molecule has 0 aliphatic heterocycles. The third kappa shape index (κ3) is 21.6. The molecule has 26 heavy (non-hydrogen) atoms. The summed E-state index contributed by atoms with van der Waals surface area (Å²) in [6.45, 7) is 3.27. The molecule has 4 heteroatoms. The standard InChI is InChI=1S/C22H44N2OS/c1-4-5-6-7-8-9-10-11-12-13-14-15-16-17-18-19-22(25)23-26-21-20-24(2)3/h11-12H,4-10,13-21H2,1-3H3,(H,23,25)/b12-11-. The minimum Gasteiger partial charge on any atom is -0.309 e. The number of hydrogen-bond donors (Lipinski definition) is 1. The van der Waals surface area contributed by atoms with E-state index in [1.165, 1.54) is 89.0 Å². The molecule has 0 rings (SSSR count). The summed E-state index contributed by atoms with van der Waals surface area (Å²) in [6.07, 6.45) is 22.2. The minimum atomic E-state index is 0.186. The van der Waals surface area contributed by atoms with E-state index in [0.29, 0.717) is 6.42 Å². The van der Waals surface area contributed by atoms with Crippen molar-refractivity contribution in [3.8, 4) is 0 Å². The van der Waals surface area contributed by atoms with Gasteiger partial charge in [0, 0.05) is 18.7 Å². The fraction of sp³-hybridized carbons (Fsp3) is 0.864. The number of unbranched alkanes of at least 4 members (excludes halogenated alkanes) is 11. The molecule has 0 bridgehead atoms.